The van der Waals surface area contributed by atoms with Gasteiger partial charge >= 0.3 is 0 Å². The Balaban J connectivity index is 3.76. The summed E-state index contributed by atoms with van der Waals surface area (Å²) in [4.78, 5) is 0. The molecule has 0 heterocycles. The van der Waals surface area contributed by atoms with E-state index in [0.29, 0.717) is 0 Å². The normalized spacial score (nSPS) is 15.5. The van der Waals surface area contributed by atoms with E-state index in [9.17, 15) is 0 Å². The lowest BCUT2D eigenvalue weighted by atomic mass is 10.6. The fourth-order valence-corrected chi connectivity index (χ4v) is 1.46. The highest BCUT2D eigenvalue weighted by molar-refractivity contribution is 7.99. The lowest BCUT2D eigenvalue weighted by molar-refractivity contribution is 0.147. The number of hydrogen-bond donors (Lipinski definition) is 0. The zero-order chi connectivity index (χ0) is 8.69. The fourth-order valence-electron chi connectivity index (χ4n) is 0.547. The molecule has 64 valence electrons. The van der Waals surface area contributed by atoms with Crippen LogP contribution in [-0.2, 0) is 4.74 Å². The molecule has 2 unspecified atom stereocenters. The molecule has 0 saturated heterocycles. The minimum Gasteiger partial charge on any atom is -0.345 e. The molecular weight excluding hydrogens is 176 g/mol. The minimum atomic E-state index is 0.0745. The molecule has 0 aromatic rings. The van der Waals surface area contributed by atoms with Gasteiger partial charge in [0.25, 0.3) is 0 Å². The summed E-state index contributed by atoms with van der Waals surface area (Å²) in [5, 5.41) is 0. The van der Waals surface area contributed by atoms with Crippen LogP contribution in [0, 0.1) is 0 Å². The smallest absolute Gasteiger partial charge is 0.122 e. The third kappa shape index (κ3) is 4.56. The number of hydrogen-bond acceptors (Lipinski definition) is 3. The van der Waals surface area contributed by atoms with Crippen LogP contribution in [0.5, 0.6) is 0 Å². The van der Waals surface area contributed by atoms with Gasteiger partial charge in [-0.25, -0.2) is 0 Å². The van der Waals surface area contributed by atoms with Gasteiger partial charge in [-0.1, -0.05) is 25.3 Å². The topological polar surface area (TPSA) is 9.23 Å². The maximum atomic E-state index is 5.54. The van der Waals surface area contributed by atoms with E-state index in [4.69, 9.17) is 4.74 Å². The molecule has 3 heteroatoms. The van der Waals surface area contributed by atoms with Crippen molar-refractivity contribution in [3.63, 3.8) is 0 Å². The second kappa shape index (κ2) is 6.83. The standard InChI is InChI=1S/C8H14OS2/c1-5-7(10-3)9-8(6-2)11-4/h5-8H,1-2H2,3-4H3. The van der Waals surface area contributed by atoms with Crippen molar-refractivity contribution in [1.29, 1.82) is 0 Å². The largest absolute Gasteiger partial charge is 0.345 e. The highest BCUT2D eigenvalue weighted by Gasteiger charge is 2.07. The van der Waals surface area contributed by atoms with E-state index in [1.165, 1.54) is 0 Å². The van der Waals surface area contributed by atoms with Crippen molar-refractivity contribution >= 4 is 23.5 Å². The Kier molecular flexibility index (Phi) is 6.91. The van der Waals surface area contributed by atoms with Crippen LogP contribution in [0.15, 0.2) is 25.3 Å². The Morgan fingerprint density at radius 2 is 1.45 bits per heavy atom. The molecule has 0 amide bonds. The highest BCUT2D eigenvalue weighted by atomic mass is 32.2. The molecule has 2 atom stereocenters. The molecule has 0 rings (SSSR count). The van der Waals surface area contributed by atoms with Crippen LogP contribution in [0.4, 0.5) is 0 Å². The molecule has 0 radical (unpaired) electrons. The molecule has 0 aliphatic rings. The maximum absolute atomic E-state index is 5.54. The fraction of sp³-hybridized carbons (Fsp3) is 0.500. The average molecular weight is 190 g/mol. The third-order valence-electron chi connectivity index (χ3n) is 1.12. The van der Waals surface area contributed by atoms with Gasteiger partial charge in [0.15, 0.2) is 0 Å². The van der Waals surface area contributed by atoms with Crippen molar-refractivity contribution in [2.75, 3.05) is 12.5 Å². The van der Waals surface area contributed by atoms with Crippen molar-refractivity contribution in [3.05, 3.63) is 25.3 Å². The summed E-state index contributed by atoms with van der Waals surface area (Å²) in [6.45, 7) is 7.33. The Labute approximate surface area is 77.3 Å². The molecule has 11 heavy (non-hydrogen) atoms. The van der Waals surface area contributed by atoms with Crippen LogP contribution in [-0.4, -0.2) is 23.4 Å². The van der Waals surface area contributed by atoms with Crippen LogP contribution in [0.2, 0.25) is 0 Å². The van der Waals surface area contributed by atoms with E-state index in [1.807, 2.05) is 12.5 Å². The van der Waals surface area contributed by atoms with Crippen LogP contribution < -0.4 is 0 Å². The lowest BCUT2D eigenvalue weighted by Gasteiger charge is -2.16. The zero-order valence-electron chi connectivity index (χ0n) is 6.95. The maximum Gasteiger partial charge on any atom is 0.122 e. The first kappa shape index (κ1) is 11.1. The van der Waals surface area contributed by atoms with Crippen molar-refractivity contribution < 1.29 is 4.74 Å². The van der Waals surface area contributed by atoms with Crippen LogP contribution in [0.3, 0.4) is 0 Å². The minimum absolute atomic E-state index is 0.0745. The van der Waals surface area contributed by atoms with E-state index >= 15 is 0 Å². The van der Waals surface area contributed by atoms with Gasteiger partial charge in [-0.05, 0) is 12.5 Å². The summed E-state index contributed by atoms with van der Waals surface area (Å²) in [5.74, 6) is 0. The Bertz CT molecular complexity index is 111. The summed E-state index contributed by atoms with van der Waals surface area (Å²) in [5.41, 5.74) is 0.149. The molecule has 0 aromatic carbocycles. The predicted molar refractivity (Wildman–Crippen MR) is 56.1 cm³/mol. The number of ether oxygens (including phenoxy) is 1. The quantitative estimate of drug-likeness (QED) is 0.471. The van der Waals surface area contributed by atoms with E-state index in [0.717, 1.165) is 0 Å². The van der Waals surface area contributed by atoms with E-state index < -0.39 is 0 Å². The summed E-state index contributed by atoms with van der Waals surface area (Å²) in [6.07, 6.45) is 7.56. The Hall–Kier alpha value is 0.140. The van der Waals surface area contributed by atoms with Crippen molar-refractivity contribution in [2.24, 2.45) is 0 Å². The van der Waals surface area contributed by atoms with Gasteiger partial charge in [-0.2, -0.15) is 0 Å². The van der Waals surface area contributed by atoms with Crippen LogP contribution >= 0.6 is 23.5 Å². The van der Waals surface area contributed by atoms with Gasteiger partial charge in [0.2, 0.25) is 0 Å². The summed E-state index contributed by atoms with van der Waals surface area (Å²) in [7, 11) is 0. The van der Waals surface area contributed by atoms with Gasteiger partial charge < -0.3 is 4.74 Å². The highest BCUT2D eigenvalue weighted by Crippen LogP contribution is 2.17. The van der Waals surface area contributed by atoms with E-state index in [-0.39, 0.29) is 10.9 Å². The molecule has 1 nitrogen and oxygen atoms in total. The molecular formula is C8H14OS2. The third-order valence-corrected chi connectivity index (χ3v) is 2.65. The first-order chi connectivity index (χ1) is 5.28. The first-order valence-electron chi connectivity index (χ1n) is 3.24. The summed E-state index contributed by atoms with van der Waals surface area (Å²) < 4.78 is 5.54. The molecule has 0 saturated carbocycles. The van der Waals surface area contributed by atoms with E-state index in [1.54, 1.807) is 35.7 Å². The SMILES string of the molecule is C=CC(OC(C=C)SC)SC. The van der Waals surface area contributed by atoms with Crippen molar-refractivity contribution in [1.82, 2.24) is 0 Å². The van der Waals surface area contributed by atoms with Gasteiger partial charge in [0.1, 0.15) is 10.9 Å². The van der Waals surface area contributed by atoms with Gasteiger partial charge in [-0.15, -0.1) is 23.5 Å². The van der Waals surface area contributed by atoms with Crippen molar-refractivity contribution in [2.45, 2.75) is 10.9 Å². The molecule has 0 aliphatic heterocycles. The average Bonchev–Trinajstić information content (AvgIpc) is 2.07. The molecule has 0 N–H and O–H groups in total. The summed E-state index contributed by atoms with van der Waals surface area (Å²) in [6, 6.07) is 0. The molecule has 0 spiro atoms. The van der Waals surface area contributed by atoms with E-state index in [2.05, 4.69) is 13.2 Å². The predicted octanol–water partition coefficient (Wildman–Crippen LogP) is 2.75. The first-order valence-corrected chi connectivity index (χ1v) is 5.82. The Morgan fingerprint density at radius 1 is 1.09 bits per heavy atom. The van der Waals surface area contributed by atoms with Gasteiger partial charge in [0.05, 0.1) is 0 Å². The van der Waals surface area contributed by atoms with Gasteiger partial charge in [-0.3, -0.25) is 0 Å². The number of thioether (sulfide) groups is 2. The van der Waals surface area contributed by atoms with Crippen molar-refractivity contribution in [3.8, 4) is 0 Å². The van der Waals surface area contributed by atoms with Crippen LogP contribution in [0.25, 0.3) is 0 Å². The Morgan fingerprint density at radius 3 is 1.64 bits per heavy atom. The lowest BCUT2D eigenvalue weighted by Crippen LogP contribution is -2.11. The zero-order valence-corrected chi connectivity index (χ0v) is 8.58. The molecule has 0 aromatic heterocycles. The monoisotopic (exact) mass is 190 g/mol. The van der Waals surface area contributed by atoms with Gasteiger partial charge in [0, 0.05) is 0 Å². The molecule has 0 bridgehead atoms. The molecule has 0 aliphatic carbocycles. The number of rotatable bonds is 6. The second-order valence-corrected chi connectivity index (χ2v) is 3.69. The summed E-state index contributed by atoms with van der Waals surface area (Å²) >= 11 is 3.26. The second-order valence-electron chi connectivity index (χ2n) is 1.82. The molecule has 0 fully saturated rings. The van der Waals surface area contributed by atoms with Crippen LogP contribution in [0.1, 0.15) is 0 Å².